The minimum Gasteiger partial charge on any atom is -0.467 e. The molecule has 1 N–H and O–H groups in total. The summed E-state index contributed by atoms with van der Waals surface area (Å²) in [6, 6.07) is 8.04. The minimum atomic E-state index is -0.711. The standard InChI is InChI=1S/C24H25N3O5S/c1-5-24(6-2,7-3)26-20(28)15-33-23-25-19-13-16(22(30)31-4)10-11-18(19)21(29)27(23)14-17-9-8-12-32-17/h1,8-13H,6-7,14-15H2,2-4H3,(H,26,28). The van der Waals surface area contributed by atoms with Gasteiger partial charge in [-0.25, -0.2) is 9.78 Å². The summed E-state index contributed by atoms with van der Waals surface area (Å²) in [6.07, 6.45) is 8.36. The fourth-order valence-electron chi connectivity index (χ4n) is 3.35. The van der Waals surface area contributed by atoms with Gasteiger partial charge >= 0.3 is 5.97 Å². The van der Waals surface area contributed by atoms with E-state index in [1.54, 1.807) is 18.2 Å². The molecule has 0 aliphatic heterocycles. The molecule has 172 valence electrons. The molecule has 2 aromatic heterocycles. The normalized spacial score (nSPS) is 11.2. The smallest absolute Gasteiger partial charge is 0.337 e. The third kappa shape index (κ3) is 5.29. The van der Waals surface area contributed by atoms with Gasteiger partial charge in [-0.05, 0) is 43.2 Å². The Morgan fingerprint density at radius 3 is 2.67 bits per heavy atom. The van der Waals surface area contributed by atoms with Crippen molar-refractivity contribution in [2.45, 2.75) is 43.9 Å². The lowest BCUT2D eigenvalue weighted by Gasteiger charge is -2.27. The second kappa shape index (κ2) is 10.4. The molecule has 3 aromatic rings. The van der Waals surface area contributed by atoms with Crippen LogP contribution in [0, 0.1) is 12.3 Å². The number of esters is 1. The number of thioether (sulfide) groups is 1. The number of nitrogens with zero attached hydrogens (tertiary/aromatic N) is 2. The topological polar surface area (TPSA) is 103 Å². The molecular weight excluding hydrogens is 442 g/mol. The highest BCUT2D eigenvalue weighted by Crippen LogP contribution is 2.21. The molecule has 9 heteroatoms. The van der Waals surface area contributed by atoms with E-state index >= 15 is 0 Å². The molecule has 0 saturated carbocycles. The first kappa shape index (κ1) is 24.1. The first-order valence-electron chi connectivity index (χ1n) is 10.4. The van der Waals surface area contributed by atoms with Gasteiger partial charge in [-0.15, -0.1) is 6.42 Å². The lowest BCUT2D eigenvalue weighted by atomic mass is 9.94. The summed E-state index contributed by atoms with van der Waals surface area (Å²) in [5, 5.41) is 3.57. The number of carbonyl (C=O) groups excluding carboxylic acids is 2. The molecule has 1 aromatic carbocycles. The molecular formula is C24H25N3O5S. The summed E-state index contributed by atoms with van der Waals surface area (Å²) < 4.78 is 11.6. The van der Waals surface area contributed by atoms with Crippen LogP contribution < -0.4 is 10.9 Å². The summed E-state index contributed by atoms with van der Waals surface area (Å²) in [7, 11) is 1.28. The number of rotatable bonds is 9. The highest BCUT2D eigenvalue weighted by Gasteiger charge is 2.25. The number of benzene rings is 1. The number of hydrogen-bond donors (Lipinski definition) is 1. The van der Waals surface area contributed by atoms with Crippen LogP contribution in [0.2, 0.25) is 0 Å². The molecule has 0 bridgehead atoms. The van der Waals surface area contributed by atoms with E-state index in [1.165, 1.54) is 30.1 Å². The number of furan rings is 1. The van der Waals surface area contributed by atoms with Crippen LogP contribution in [-0.2, 0) is 16.1 Å². The number of nitrogens with one attached hydrogen (secondary N) is 1. The lowest BCUT2D eigenvalue weighted by molar-refractivity contribution is -0.119. The molecule has 0 unspecified atom stereocenters. The van der Waals surface area contributed by atoms with E-state index in [1.807, 2.05) is 13.8 Å². The first-order valence-corrected chi connectivity index (χ1v) is 11.4. The van der Waals surface area contributed by atoms with E-state index in [0.717, 1.165) is 11.8 Å². The number of fused-ring (bicyclic) bond motifs is 1. The molecule has 0 spiro atoms. The largest absolute Gasteiger partial charge is 0.467 e. The monoisotopic (exact) mass is 467 g/mol. The van der Waals surface area contributed by atoms with Gasteiger partial charge in [-0.1, -0.05) is 31.5 Å². The zero-order chi connectivity index (χ0) is 24.0. The van der Waals surface area contributed by atoms with Crippen molar-refractivity contribution in [1.29, 1.82) is 0 Å². The Morgan fingerprint density at radius 1 is 1.30 bits per heavy atom. The number of methoxy groups -OCH3 is 1. The van der Waals surface area contributed by atoms with Crippen LogP contribution in [0.15, 0.2) is 51.0 Å². The Balaban J connectivity index is 1.98. The Morgan fingerprint density at radius 2 is 2.06 bits per heavy atom. The SMILES string of the molecule is C#CC(CC)(CC)NC(=O)CSc1nc2cc(C(=O)OC)ccc2c(=O)n1Cc1ccco1. The average Bonchev–Trinajstić information content (AvgIpc) is 3.35. The fourth-order valence-corrected chi connectivity index (χ4v) is 4.15. The zero-order valence-corrected chi connectivity index (χ0v) is 19.5. The van der Waals surface area contributed by atoms with E-state index in [2.05, 4.69) is 16.2 Å². The molecule has 2 heterocycles. The van der Waals surface area contributed by atoms with Gasteiger partial charge < -0.3 is 14.5 Å². The van der Waals surface area contributed by atoms with E-state index < -0.39 is 11.5 Å². The fraction of sp³-hybridized carbons (Fsp3) is 0.333. The first-order chi connectivity index (χ1) is 15.9. The third-order valence-corrected chi connectivity index (χ3v) is 6.41. The summed E-state index contributed by atoms with van der Waals surface area (Å²) in [5.74, 6) is 2.46. The number of carbonyl (C=O) groups is 2. The van der Waals surface area contributed by atoms with Crippen molar-refractivity contribution in [2.24, 2.45) is 0 Å². The van der Waals surface area contributed by atoms with Crippen LogP contribution in [0.4, 0.5) is 0 Å². The molecule has 0 radical (unpaired) electrons. The highest BCUT2D eigenvalue weighted by atomic mass is 32.2. The van der Waals surface area contributed by atoms with Crippen molar-refractivity contribution in [3.63, 3.8) is 0 Å². The molecule has 0 aliphatic rings. The highest BCUT2D eigenvalue weighted by molar-refractivity contribution is 7.99. The third-order valence-electron chi connectivity index (χ3n) is 5.43. The van der Waals surface area contributed by atoms with Crippen molar-refractivity contribution < 1.29 is 18.7 Å². The van der Waals surface area contributed by atoms with Crippen LogP contribution in [0.25, 0.3) is 10.9 Å². The van der Waals surface area contributed by atoms with Crippen molar-refractivity contribution >= 4 is 34.5 Å². The van der Waals surface area contributed by atoms with Gasteiger partial charge in [0.05, 0.1) is 42.1 Å². The van der Waals surface area contributed by atoms with E-state index in [4.69, 9.17) is 15.6 Å². The van der Waals surface area contributed by atoms with Crippen LogP contribution in [0.5, 0.6) is 0 Å². The maximum atomic E-state index is 13.3. The molecule has 0 fully saturated rings. The Labute approximate surface area is 195 Å². The molecule has 0 aliphatic carbocycles. The summed E-state index contributed by atoms with van der Waals surface area (Å²) in [6.45, 7) is 3.98. The van der Waals surface area contributed by atoms with Crippen LogP contribution in [0.3, 0.4) is 0 Å². The van der Waals surface area contributed by atoms with Gasteiger partial charge in [0.2, 0.25) is 5.91 Å². The van der Waals surface area contributed by atoms with Gasteiger partial charge in [0.25, 0.3) is 5.56 Å². The number of hydrogen-bond acceptors (Lipinski definition) is 7. The zero-order valence-electron chi connectivity index (χ0n) is 18.7. The number of ether oxygens (including phenoxy) is 1. The van der Waals surface area contributed by atoms with Gasteiger partial charge in [0, 0.05) is 0 Å². The number of terminal acetylenes is 1. The molecule has 33 heavy (non-hydrogen) atoms. The maximum Gasteiger partial charge on any atom is 0.337 e. The summed E-state index contributed by atoms with van der Waals surface area (Å²) >= 11 is 1.11. The number of aromatic nitrogens is 2. The maximum absolute atomic E-state index is 13.3. The second-order valence-electron chi connectivity index (χ2n) is 7.36. The molecule has 0 saturated heterocycles. The van der Waals surface area contributed by atoms with Crippen molar-refractivity contribution in [3.8, 4) is 12.3 Å². The average molecular weight is 468 g/mol. The van der Waals surface area contributed by atoms with E-state index in [0.29, 0.717) is 34.7 Å². The predicted octanol–water partition coefficient (Wildman–Crippen LogP) is 3.22. The Bertz CT molecular complexity index is 1250. The van der Waals surface area contributed by atoms with Gasteiger partial charge in [-0.3, -0.25) is 14.2 Å². The van der Waals surface area contributed by atoms with Crippen LogP contribution in [-0.4, -0.2) is 39.8 Å². The predicted molar refractivity (Wildman–Crippen MR) is 126 cm³/mol. The summed E-state index contributed by atoms with van der Waals surface area (Å²) in [5.41, 5.74) is -0.408. The van der Waals surface area contributed by atoms with Crippen molar-refractivity contribution in [1.82, 2.24) is 14.9 Å². The van der Waals surface area contributed by atoms with E-state index in [9.17, 15) is 14.4 Å². The van der Waals surface area contributed by atoms with E-state index in [-0.39, 0.29) is 29.3 Å². The molecule has 0 atom stereocenters. The van der Waals surface area contributed by atoms with Crippen LogP contribution in [0.1, 0.15) is 42.8 Å². The van der Waals surface area contributed by atoms with Crippen molar-refractivity contribution in [2.75, 3.05) is 12.9 Å². The second-order valence-corrected chi connectivity index (χ2v) is 8.30. The Kier molecular flexibility index (Phi) is 7.61. The Hall–Kier alpha value is -3.51. The molecule has 1 amide bonds. The minimum absolute atomic E-state index is 0.0101. The molecule has 8 nitrogen and oxygen atoms in total. The van der Waals surface area contributed by atoms with Gasteiger partial charge in [-0.2, -0.15) is 0 Å². The quantitative estimate of drug-likeness (QED) is 0.223. The summed E-state index contributed by atoms with van der Waals surface area (Å²) in [4.78, 5) is 42.4. The van der Waals surface area contributed by atoms with Crippen molar-refractivity contribution in [3.05, 3.63) is 58.3 Å². The molecule has 3 rings (SSSR count). The van der Waals surface area contributed by atoms with Crippen LogP contribution >= 0.6 is 11.8 Å². The lowest BCUT2D eigenvalue weighted by Crippen LogP contribution is -2.47. The number of amides is 1. The van der Waals surface area contributed by atoms with Gasteiger partial charge in [0.15, 0.2) is 5.16 Å². The van der Waals surface area contributed by atoms with Gasteiger partial charge in [0.1, 0.15) is 11.3 Å².